The number of likely N-dealkylation sites (tertiary alicyclic amines) is 1. The van der Waals surface area contributed by atoms with Gasteiger partial charge in [-0.05, 0) is 42.9 Å². The molecule has 0 bridgehead atoms. The number of aromatic nitrogens is 1. The number of aliphatic hydroxyl groups is 1. The van der Waals surface area contributed by atoms with Crippen molar-refractivity contribution in [3.05, 3.63) is 59.8 Å². The van der Waals surface area contributed by atoms with Crippen molar-refractivity contribution in [1.82, 2.24) is 9.88 Å². The lowest BCUT2D eigenvalue weighted by Gasteiger charge is -2.38. The number of nitrogens with one attached hydrogen (secondary N) is 1. The van der Waals surface area contributed by atoms with Gasteiger partial charge in [0.25, 0.3) is 5.91 Å². The number of carbonyl (C=O) groups excluding carboxylic acids is 2. The van der Waals surface area contributed by atoms with E-state index in [-0.39, 0.29) is 36.2 Å². The van der Waals surface area contributed by atoms with Crippen molar-refractivity contribution in [3.8, 4) is 0 Å². The molecule has 2 atom stereocenters. The van der Waals surface area contributed by atoms with Crippen LogP contribution in [0.1, 0.15) is 41.1 Å². The molecule has 2 heterocycles. The number of hydrogen-bond acceptors (Lipinski definition) is 4. The third-order valence-corrected chi connectivity index (χ3v) is 5.69. The van der Waals surface area contributed by atoms with E-state index in [4.69, 9.17) is 0 Å². The summed E-state index contributed by atoms with van der Waals surface area (Å²) in [5, 5.41) is 12.7. The van der Waals surface area contributed by atoms with Crippen molar-refractivity contribution in [3.63, 3.8) is 0 Å². The first-order chi connectivity index (χ1) is 13.7. The van der Waals surface area contributed by atoms with Gasteiger partial charge in [-0.1, -0.05) is 30.3 Å². The summed E-state index contributed by atoms with van der Waals surface area (Å²) in [6, 6.07) is 13.5. The van der Waals surface area contributed by atoms with Gasteiger partial charge in [-0.25, -0.2) is 4.98 Å². The number of amides is 2. The third kappa shape index (κ3) is 4.07. The van der Waals surface area contributed by atoms with Crippen molar-refractivity contribution in [2.45, 2.75) is 25.2 Å². The highest BCUT2D eigenvalue weighted by Crippen LogP contribution is 2.33. The average molecular weight is 379 g/mol. The standard InChI is InChI=1S/C22H25N3O3/c26-14-18-13-25(11-9-19(18)15-4-2-1-3-5-15)22(28)17-8-10-23-20(12-17)24-21(27)16-6-7-16/h1-5,8,10,12,16,18-19,26H,6-7,9,11,13-14H2,(H,23,24,27)/t18-,19+/m1/s1. The molecule has 6 heteroatoms. The van der Waals surface area contributed by atoms with Crippen LogP contribution in [0.2, 0.25) is 0 Å². The average Bonchev–Trinajstić information content (AvgIpc) is 3.59. The minimum atomic E-state index is -0.0886. The minimum absolute atomic E-state index is 0.0102. The highest BCUT2D eigenvalue weighted by atomic mass is 16.3. The van der Waals surface area contributed by atoms with Crippen LogP contribution in [-0.4, -0.2) is 46.5 Å². The molecule has 0 radical (unpaired) electrons. The van der Waals surface area contributed by atoms with Crippen molar-refractivity contribution < 1.29 is 14.7 Å². The lowest BCUT2D eigenvalue weighted by molar-refractivity contribution is -0.117. The largest absolute Gasteiger partial charge is 0.396 e. The molecule has 0 spiro atoms. The van der Waals surface area contributed by atoms with Gasteiger partial charge in [-0.2, -0.15) is 0 Å². The Hall–Kier alpha value is -2.73. The molecule has 2 fully saturated rings. The maximum atomic E-state index is 13.0. The molecule has 1 aromatic carbocycles. The van der Waals surface area contributed by atoms with Crippen LogP contribution in [0, 0.1) is 11.8 Å². The number of anilines is 1. The van der Waals surface area contributed by atoms with Gasteiger partial charge in [-0.3, -0.25) is 9.59 Å². The smallest absolute Gasteiger partial charge is 0.254 e. The summed E-state index contributed by atoms with van der Waals surface area (Å²) in [4.78, 5) is 30.9. The summed E-state index contributed by atoms with van der Waals surface area (Å²) in [7, 11) is 0. The van der Waals surface area contributed by atoms with E-state index in [1.54, 1.807) is 23.2 Å². The summed E-state index contributed by atoms with van der Waals surface area (Å²) in [6.45, 7) is 1.20. The van der Waals surface area contributed by atoms with Gasteiger partial charge >= 0.3 is 0 Å². The monoisotopic (exact) mass is 379 g/mol. The first kappa shape index (κ1) is 18.6. The molecular weight excluding hydrogens is 354 g/mol. The maximum Gasteiger partial charge on any atom is 0.254 e. The van der Waals surface area contributed by atoms with Gasteiger partial charge in [0.15, 0.2) is 0 Å². The lowest BCUT2D eigenvalue weighted by Crippen LogP contribution is -2.44. The molecule has 28 heavy (non-hydrogen) atoms. The predicted molar refractivity (Wildman–Crippen MR) is 106 cm³/mol. The predicted octanol–water partition coefficient (Wildman–Crippen LogP) is 2.67. The number of carbonyl (C=O) groups is 2. The van der Waals surface area contributed by atoms with E-state index < -0.39 is 0 Å². The van der Waals surface area contributed by atoms with E-state index >= 15 is 0 Å². The molecule has 1 saturated carbocycles. The fraction of sp³-hybridized carbons (Fsp3) is 0.409. The van der Waals surface area contributed by atoms with Crippen molar-refractivity contribution >= 4 is 17.6 Å². The highest BCUT2D eigenvalue weighted by Gasteiger charge is 2.33. The summed E-state index contributed by atoms with van der Waals surface area (Å²) in [6.07, 6.45) is 4.21. The molecule has 1 saturated heterocycles. The van der Waals surface area contributed by atoms with Crippen molar-refractivity contribution in [1.29, 1.82) is 0 Å². The van der Waals surface area contributed by atoms with Gasteiger partial charge in [0, 0.05) is 43.3 Å². The molecule has 1 aliphatic heterocycles. The molecule has 2 N–H and O–H groups in total. The quantitative estimate of drug-likeness (QED) is 0.837. The molecule has 146 valence electrons. The normalized spacial score (nSPS) is 22.0. The number of pyridine rings is 1. The molecule has 2 amide bonds. The van der Waals surface area contributed by atoms with Crippen molar-refractivity contribution in [2.75, 3.05) is 25.0 Å². The Kier molecular flexibility index (Phi) is 5.39. The van der Waals surface area contributed by atoms with E-state index in [2.05, 4.69) is 22.4 Å². The molecule has 6 nitrogen and oxygen atoms in total. The third-order valence-electron chi connectivity index (χ3n) is 5.69. The Bertz CT molecular complexity index is 851. The van der Waals surface area contributed by atoms with Gasteiger partial charge in [0.05, 0.1) is 0 Å². The van der Waals surface area contributed by atoms with Crippen LogP contribution >= 0.6 is 0 Å². The Morgan fingerprint density at radius 1 is 1.14 bits per heavy atom. The second-order valence-electron chi connectivity index (χ2n) is 7.69. The number of rotatable bonds is 5. The topological polar surface area (TPSA) is 82.5 Å². The molecule has 1 aliphatic carbocycles. The van der Waals surface area contributed by atoms with Crippen molar-refractivity contribution in [2.24, 2.45) is 11.8 Å². The summed E-state index contributed by atoms with van der Waals surface area (Å²) >= 11 is 0. The van der Waals surface area contributed by atoms with E-state index in [1.165, 1.54) is 5.56 Å². The summed E-state index contributed by atoms with van der Waals surface area (Å²) in [5.41, 5.74) is 1.72. The Morgan fingerprint density at radius 2 is 1.93 bits per heavy atom. The Labute approximate surface area is 164 Å². The van der Waals surface area contributed by atoms with Crippen LogP contribution in [0.25, 0.3) is 0 Å². The zero-order chi connectivity index (χ0) is 19.5. The van der Waals surface area contributed by atoms with Gasteiger partial charge in [0.2, 0.25) is 5.91 Å². The van der Waals surface area contributed by atoms with Gasteiger partial charge in [0.1, 0.15) is 5.82 Å². The zero-order valence-electron chi connectivity index (χ0n) is 15.8. The van der Waals surface area contributed by atoms with Gasteiger partial charge in [-0.15, -0.1) is 0 Å². The number of piperidine rings is 1. The highest BCUT2D eigenvalue weighted by molar-refractivity contribution is 5.97. The maximum absolute atomic E-state index is 13.0. The SMILES string of the molecule is O=C(Nc1cc(C(=O)N2CC[C@@H](c3ccccc3)[C@@H](CO)C2)ccn1)C1CC1. The molecule has 1 aromatic heterocycles. The van der Waals surface area contributed by atoms with E-state index in [0.29, 0.717) is 24.5 Å². The summed E-state index contributed by atoms with van der Waals surface area (Å²) < 4.78 is 0. The first-order valence-corrected chi connectivity index (χ1v) is 9.87. The Balaban J connectivity index is 1.44. The number of benzene rings is 1. The first-order valence-electron chi connectivity index (χ1n) is 9.87. The molecule has 4 rings (SSSR count). The minimum Gasteiger partial charge on any atom is -0.396 e. The molecule has 2 aromatic rings. The second kappa shape index (κ2) is 8.10. The van der Waals surface area contributed by atoms with E-state index in [0.717, 1.165) is 19.3 Å². The molecular formula is C22H25N3O3. The van der Waals surface area contributed by atoms with E-state index in [1.807, 2.05) is 18.2 Å². The number of nitrogens with zero attached hydrogens (tertiary/aromatic N) is 2. The van der Waals surface area contributed by atoms with Crippen LogP contribution in [0.4, 0.5) is 5.82 Å². The zero-order valence-corrected chi connectivity index (χ0v) is 15.8. The number of aliphatic hydroxyl groups excluding tert-OH is 1. The fourth-order valence-electron chi connectivity index (χ4n) is 3.93. The van der Waals surface area contributed by atoms with Crippen LogP contribution in [0.5, 0.6) is 0 Å². The van der Waals surface area contributed by atoms with Crippen LogP contribution in [0.15, 0.2) is 48.7 Å². The van der Waals surface area contributed by atoms with Gasteiger partial charge < -0.3 is 15.3 Å². The number of hydrogen-bond donors (Lipinski definition) is 2. The fourth-order valence-corrected chi connectivity index (χ4v) is 3.93. The van der Waals surface area contributed by atoms with Crippen LogP contribution in [-0.2, 0) is 4.79 Å². The Morgan fingerprint density at radius 3 is 2.64 bits per heavy atom. The van der Waals surface area contributed by atoms with E-state index in [9.17, 15) is 14.7 Å². The molecule has 2 aliphatic rings. The second-order valence-corrected chi connectivity index (χ2v) is 7.69. The van der Waals surface area contributed by atoms with Crippen LogP contribution in [0.3, 0.4) is 0 Å². The summed E-state index contributed by atoms with van der Waals surface area (Å²) in [5.74, 6) is 0.650. The molecule has 0 unspecified atom stereocenters. The van der Waals surface area contributed by atoms with Crippen LogP contribution < -0.4 is 5.32 Å². The lowest BCUT2D eigenvalue weighted by atomic mass is 9.81.